The topological polar surface area (TPSA) is 44.5 Å². The number of ether oxygens (including phenoxy) is 2. The maximum absolute atomic E-state index is 5.45. The fourth-order valence-corrected chi connectivity index (χ4v) is 1.06. The molecular weight excluding hydrogens is 130 g/mol. The Morgan fingerprint density at radius 3 is 2.90 bits per heavy atom. The molecule has 2 unspecified atom stereocenters. The average Bonchev–Trinajstić information content (AvgIpc) is 2.37. The molecule has 0 radical (unpaired) electrons. The lowest BCUT2D eigenvalue weighted by Gasteiger charge is -2.07. The van der Waals surface area contributed by atoms with Crippen LogP contribution in [0.1, 0.15) is 19.8 Å². The summed E-state index contributed by atoms with van der Waals surface area (Å²) in [6.45, 7) is 3.45. The van der Waals surface area contributed by atoms with Crippen molar-refractivity contribution in [3.8, 4) is 0 Å². The molecule has 3 heteroatoms. The van der Waals surface area contributed by atoms with Gasteiger partial charge in [0, 0.05) is 0 Å². The number of rotatable bonds is 3. The van der Waals surface area contributed by atoms with Crippen molar-refractivity contribution in [2.45, 2.75) is 32.2 Å². The first kappa shape index (κ1) is 7.98. The van der Waals surface area contributed by atoms with E-state index in [4.69, 9.17) is 15.2 Å². The van der Waals surface area contributed by atoms with E-state index in [1.54, 1.807) is 0 Å². The van der Waals surface area contributed by atoms with Crippen molar-refractivity contribution in [1.29, 1.82) is 0 Å². The molecule has 1 saturated heterocycles. The van der Waals surface area contributed by atoms with Crippen LogP contribution >= 0.6 is 0 Å². The summed E-state index contributed by atoms with van der Waals surface area (Å²) in [7, 11) is 0. The van der Waals surface area contributed by atoms with Crippen LogP contribution in [0.15, 0.2) is 0 Å². The van der Waals surface area contributed by atoms with Gasteiger partial charge < -0.3 is 15.2 Å². The molecule has 0 bridgehead atoms. The number of hydrogen-bond acceptors (Lipinski definition) is 3. The van der Waals surface area contributed by atoms with Gasteiger partial charge in [0.2, 0.25) is 0 Å². The standard InChI is InChI=1S/C7H15NO2/c1-2-7-9-5-6(10-7)3-4-8/h6-7H,2-5,8H2,1H3. The molecule has 0 spiro atoms. The monoisotopic (exact) mass is 145 g/mol. The smallest absolute Gasteiger partial charge is 0.157 e. The summed E-state index contributed by atoms with van der Waals surface area (Å²) in [5, 5.41) is 0. The zero-order chi connectivity index (χ0) is 7.40. The van der Waals surface area contributed by atoms with Gasteiger partial charge in [-0.3, -0.25) is 0 Å². The largest absolute Gasteiger partial charge is 0.350 e. The Kier molecular flexibility index (Phi) is 3.12. The molecule has 60 valence electrons. The Morgan fingerprint density at radius 1 is 1.60 bits per heavy atom. The van der Waals surface area contributed by atoms with E-state index in [0.717, 1.165) is 19.4 Å². The summed E-state index contributed by atoms with van der Waals surface area (Å²) < 4.78 is 10.7. The molecule has 1 aliphatic rings. The highest BCUT2D eigenvalue weighted by Crippen LogP contribution is 2.15. The summed E-state index contributed by atoms with van der Waals surface area (Å²) in [6.07, 6.45) is 2.11. The van der Waals surface area contributed by atoms with Crippen molar-refractivity contribution in [3.05, 3.63) is 0 Å². The lowest BCUT2D eigenvalue weighted by Crippen LogP contribution is -2.16. The van der Waals surface area contributed by atoms with Crippen molar-refractivity contribution < 1.29 is 9.47 Å². The molecule has 1 aliphatic heterocycles. The van der Waals surface area contributed by atoms with E-state index in [0.29, 0.717) is 6.54 Å². The Bertz CT molecular complexity index is 97.6. The van der Waals surface area contributed by atoms with Gasteiger partial charge in [-0.15, -0.1) is 0 Å². The second-order valence-electron chi connectivity index (χ2n) is 2.51. The van der Waals surface area contributed by atoms with Crippen LogP contribution in [0.2, 0.25) is 0 Å². The highest BCUT2D eigenvalue weighted by Gasteiger charge is 2.23. The SMILES string of the molecule is CCC1OCC(CCN)O1. The average molecular weight is 145 g/mol. The Balaban J connectivity index is 2.15. The maximum atomic E-state index is 5.45. The Hall–Kier alpha value is -0.120. The first-order chi connectivity index (χ1) is 4.86. The van der Waals surface area contributed by atoms with E-state index in [1.807, 2.05) is 0 Å². The molecule has 0 aromatic heterocycles. The minimum Gasteiger partial charge on any atom is -0.350 e. The van der Waals surface area contributed by atoms with Crippen molar-refractivity contribution >= 4 is 0 Å². The Morgan fingerprint density at radius 2 is 2.40 bits per heavy atom. The summed E-state index contributed by atoms with van der Waals surface area (Å²) >= 11 is 0. The maximum Gasteiger partial charge on any atom is 0.157 e. The van der Waals surface area contributed by atoms with Crippen LogP contribution in [0.4, 0.5) is 0 Å². The summed E-state index contributed by atoms with van der Waals surface area (Å²) in [5.41, 5.74) is 5.36. The molecule has 0 aromatic carbocycles. The van der Waals surface area contributed by atoms with Gasteiger partial charge in [0.15, 0.2) is 6.29 Å². The molecule has 10 heavy (non-hydrogen) atoms. The quantitative estimate of drug-likeness (QED) is 0.628. The van der Waals surface area contributed by atoms with Crippen molar-refractivity contribution in [2.24, 2.45) is 5.73 Å². The molecular formula is C7H15NO2. The summed E-state index contributed by atoms with van der Waals surface area (Å²) in [4.78, 5) is 0. The van der Waals surface area contributed by atoms with Crippen LogP contribution in [0, 0.1) is 0 Å². The van der Waals surface area contributed by atoms with E-state index in [1.165, 1.54) is 0 Å². The second kappa shape index (κ2) is 3.91. The van der Waals surface area contributed by atoms with Gasteiger partial charge in [-0.05, 0) is 19.4 Å². The van der Waals surface area contributed by atoms with E-state index in [2.05, 4.69) is 6.92 Å². The minimum absolute atomic E-state index is 0.0246. The van der Waals surface area contributed by atoms with Gasteiger partial charge in [-0.25, -0.2) is 0 Å². The highest BCUT2D eigenvalue weighted by molar-refractivity contribution is 4.64. The van der Waals surface area contributed by atoms with Gasteiger partial charge in [-0.1, -0.05) is 6.92 Å². The molecule has 2 atom stereocenters. The zero-order valence-corrected chi connectivity index (χ0v) is 6.38. The normalized spacial score (nSPS) is 33.0. The number of hydrogen-bond donors (Lipinski definition) is 1. The first-order valence-corrected chi connectivity index (χ1v) is 3.84. The molecule has 3 nitrogen and oxygen atoms in total. The minimum atomic E-state index is 0.0246. The fraction of sp³-hybridized carbons (Fsp3) is 1.00. The van der Waals surface area contributed by atoms with Crippen molar-refractivity contribution in [2.75, 3.05) is 13.2 Å². The van der Waals surface area contributed by atoms with Crippen molar-refractivity contribution in [1.82, 2.24) is 0 Å². The van der Waals surface area contributed by atoms with E-state index in [-0.39, 0.29) is 12.4 Å². The molecule has 0 aromatic rings. The molecule has 1 fully saturated rings. The molecule has 0 saturated carbocycles. The molecule has 2 N–H and O–H groups in total. The van der Waals surface area contributed by atoms with Crippen LogP contribution in [-0.2, 0) is 9.47 Å². The zero-order valence-electron chi connectivity index (χ0n) is 6.38. The fourth-order valence-electron chi connectivity index (χ4n) is 1.06. The van der Waals surface area contributed by atoms with Crippen LogP contribution in [0.5, 0.6) is 0 Å². The molecule has 1 heterocycles. The summed E-state index contributed by atoms with van der Waals surface area (Å²) in [6, 6.07) is 0. The van der Waals surface area contributed by atoms with Gasteiger partial charge in [0.05, 0.1) is 12.7 Å². The summed E-state index contributed by atoms with van der Waals surface area (Å²) in [5.74, 6) is 0. The van der Waals surface area contributed by atoms with Crippen LogP contribution in [-0.4, -0.2) is 25.5 Å². The number of nitrogens with two attached hydrogens (primary N) is 1. The van der Waals surface area contributed by atoms with Crippen molar-refractivity contribution in [3.63, 3.8) is 0 Å². The van der Waals surface area contributed by atoms with Gasteiger partial charge in [0.1, 0.15) is 0 Å². The molecule has 0 amide bonds. The highest BCUT2D eigenvalue weighted by atomic mass is 16.7. The van der Waals surface area contributed by atoms with Crippen LogP contribution < -0.4 is 5.73 Å². The first-order valence-electron chi connectivity index (χ1n) is 3.84. The van der Waals surface area contributed by atoms with Crippen LogP contribution in [0.3, 0.4) is 0 Å². The van der Waals surface area contributed by atoms with Crippen LogP contribution in [0.25, 0.3) is 0 Å². The molecule has 0 aliphatic carbocycles. The van der Waals surface area contributed by atoms with Gasteiger partial charge in [0.25, 0.3) is 0 Å². The second-order valence-corrected chi connectivity index (χ2v) is 2.51. The third kappa shape index (κ3) is 1.94. The third-order valence-electron chi connectivity index (χ3n) is 1.63. The van der Waals surface area contributed by atoms with Gasteiger partial charge in [-0.2, -0.15) is 0 Å². The molecule has 1 rings (SSSR count). The lowest BCUT2D eigenvalue weighted by atomic mass is 10.3. The lowest BCUT2D eigenvalue weighted by molar-refractivity contribution is -0.0591. The predicted octanol–water partition coefficient (Wildman–Crippen LogP) is 0.487. The third-order valence-corrected chi connectivity index (χ3v) is 1.63. The van der Waals surface area contributed by atoms with E-state index >= 15 is 0 Å². The Labute approximate surface area is 61.5 Å². The van der Waals surface area contributed by atoms with E-state index < -0.39 is 0 Å². The van der Waals surface area contributed by atoms with E-state index in [9.17, 15) is 0 Å². The van der Waals surface area contributed by atoms with Gasteiger partial charge >= 0.3 is 0 Å². The predicted molar refractivity (Wildman–Crippen MR) is 38.6 cm³/mol.